The first kappa shape index (κ1) is 17.8. The maximum atomic E-state index is 9.80. The van der Waals surface area contributed by atoms with E-state index < -0.39 is 0 Å². The van der Waals surface area contributed by atoms with Crippen molar-refractivity contribution in [2.24, 2.45) is 5.92 Å². The predicted octanol–water partition coefficient (Wildman–Crippen LogP) is 5.04. The van der Waals surface area contributed by atoms with E-state index in [0.29, 0.717) is 34.2 Å². The molecule has 4 nitrogen and oxygen atoms in total. The molecule has 130 valence electrons. The molecular formula is C20H24N4S. The highest BCUT2D eigenvalue weighted by Gasteiger charge is 2.24. The highest BCUT2D eigenvalue weighted by molar-refractivity contribution is 7.98. The summed E-state index contributed by atoms with van der Waals surface area (Å²) in [6.07, 6.45) is 6.84. The molecular weight excluding hydrogens is 328 g/mol. The van der Waals surface area contributed by atoms with Crippen molar-refractivity contribution in [2.75, 3.05) is 11.6 Å². The van der Waals surface area contributed by atoms with E-state index in [2.05, 4.69) is 35.2 Å². The number of nitrogens with one attached hydrogen (secondary N) is 1. The highest BCUT2D eigenvalue weighted by atomic mass is 32.2. The number of hydrogen-bond acceptors (Lipinski definition) is 5. The second-order valence-corrected chi connectivity index (χ2v) is 7.55. The van der Waals surface area contributed by atoms with Crippen molar-refractivity contribution in [3.63, 3.8) is 0 Å². The van der Waals surface area contributed by atoms with Gasteiger partial charge in [0, 0.05) is 11.6 Å². The molecule has 1 aromatic carbocycles. The third-order valence-electron chi connectivity index (χ3n) is 4.94. The molecule has 25 heavy (non-hydrogen) atoms. The average molecular weight is 353 g/mol. The number of nitriles is 1. The van der Waals surface area contributed by atoms with Crippen molar-refractivity contribution in [3.8, 4) is 17.3 Å². The summed E-state index contributed by atoms with van der Waals surface area (Å²) in [4.78, 5) is 9.24. The maximum absolute atomic E-state index is 9.80. The molecule has 0 radical (unpaired) electrons. The van der Waals surface area contributed by atoms with Crippen LogP contribution in [0, 0.1) is 24.2 Å². The van der Waals surface area contributed by atoms with Gasteiger partial charge in [0.25, 0.3) is 0 Å². The first-order valence-electron chi connectivity index (χ1n) is 8.82. The molecule has 0 unspecified atom stereocenters. The maximum Gasteiger partial charge on any atom is 0.189 e. The van der Waals surface area contributed by atoms with E-state index in [1.165, 1.54) is 36.6 Å². The molecule has 0 bridgehead atoms. The van der Waals surface area contributed by atoms with Gasteiger partial charge in [-0.15, -0.1) is 0 Å². The first-order valence-corrected chi connectivity index (χ1v) is 10.0. The Morgan fingerprint density at radius 1 is 1.16 bits per heavy atom. The van der Waals surface area contributed by atoms with E-state index >= 15 is 0 Å². The first-order chi connectivity index (χ1) is 12.1. The lowest BCUT2D eigenvalue weighted by atomic mass is 9.86. The number of anilines is 1. The Hall–Kier alpha value is -2.06. The fourth-order valence-electron chi connectivity index (χ4n) is 3.37. The van der Waals surface area contributed by atoms with Crippen molar-refractivity contribution >= 4 is 17.6 Å². The molecule has 1 saturated carbocycles. The standard InChI is InChI=1S/C20H24N4S/c1-13-8-10-15(11-9-13)18-16(12-21)19(24-20(23-18)25-3)22-17-7-5-4-6-14(17)2/h8-11,14,17H,4-7H2,1-3H3,(H,22,23,24)/t14-,17-/m1/s1. The SMILES string of the molecule is CSc1nc(N[C@@H]2CCCC[C@H]2C)c(C#N)c(-c2ccc(C)cc2)n1. The Kier molecular flexibility index (Phi) is 5.60. The van der Waals surface area contributed by atoms with E-state index in [0.717, 1.165) is 12.0 Å². The van der Waals surface area contributed by atoms with E-state index in [4.69, 9.17) is 0 Å². The fourth-order valence-corrected chi connectivity index (χ4v) is 3.73. The van der Waals surface area contributed by atoms with E-state index in [1.54, 1.807) is 0 Å². The summed E-state index contributed by atoms with van der Waals surface area (Å²) in [6.45, 7) is 4.33. The Morgan fingerprint density at radius 2 is 1.88 bits per heavy atom. The lowest BCUT2D eigenvalue weighted by Crippen LogP contribution is -2.31. The third-order valence-corrected chi connectivity index (χ3v) is 5.49. The predicted molar refractivity (Wildman–Crippen MR) is 104 cm³/mol. The quantitative estimate of drug-likeness (QED) is 0.617. The van der Waals surface area contributed by atoms with Crippen LogP contribution in [0.2, 0.25) is 0 Å². The van der Waals surface area contributed by atoms with Gasteiger partial charge in [0.05, 0.1) is 5.69 Å². The number of nitrogens with zero attached hydrogens (tertiary/aromatic N) is 3. The largest absolute Gasteiger partial charge is 0.366 e. The summed E-state index contributed by atoms with van der Waals surface area (Å²) >= 11 is 1.51. The molecule has 2 aromatic rings. The zero-order valence-electron chi connectivity index (χ0n) is 15.0. The smallest absolute Gasteiger partial charge is 0.189 e. The van der Waals surface area contributed by atoms with E-state index in [1.807, 2.05) is 30.5 Å². The lowest BCUT2D eigenvalue weighted by molar-refractivity contribution is 0.349. The van der Waals surface area contributed by atoms with Gasteiger partial charge in [0.1, 0.15) is 17.5 Å². The summed E-state index contributed by atoms with van der Waals surface area (Å²) in [7, 11) is 0. The highest BCUT2D eigenvalue weighted by Crippen LogP contribution is 2.32. The summed E-state index contributed by atoms with van der Waals surface area (Å²) in [5.41, 5.74) is 3.41. The Labute approximate surface area is 154 Å². The van der Waals surface area contributed by atoms with Crippen molar-refractivity contribution in [3.05, 3.63) is 35.4 Å². The molecule has 1 aliphatic carbocycles. The number of benzene rings is 1. The average Bonchev–Trinajstić information content (AvgIpc) is 2.63. The van der Waals surface area contributed by atoms with Gasteiger partial charge >= 0.3 is 0 Å². The summed E-state index contributed by atoms with van der Waals surface area (Å²) in [6, 6.07) is 10.9. The third kappa shape index (κ3) is 3.96. The molecule has 5 heteroatoms. The van der Waals surface area contributed by atoms with Gasteiger partial charge < -0.3 is 5.32 Å². The molecule has 1 fully saturated rings. The van der Waals surface area contributed by atoms with Gasteiger partial charge in [-0.3, -0.25) is 0 Å². The van der Waals surface area contributed by atoms with Crippen LogP contribution in [0.25, 0.3) is 11.3 Å². The zero-order chi connectivity index (χ0) is 17.8. The minimum absolute atomic E-state index is 0.372. The molecule has 1 aromatic heterocycles. The van der Waals surface area contributed by atoms with Crippen LogP contribution in [0.1, 0.15) is 43.7 Å². The van der Waals surface area contributed by atoms with E-state index in [-0.39, 0.29) is 0 Å². The fraction of sp³-hybridized carbons (Fsp3) is 0.450. The number of thioether (sulfide) groups is 1. The van der Waals surface area contributed by atoms with Gasteiger partial charge in [0.2, 0.25) is 0 Å². The van der Waals surface area contributed by atoms with Crippen LogP contribution in [-0.4, -0.2) is 22.3 Å². The molecule has 0 amide bonds. The van der Waals surface area contributed by atoms with Crippen LogP contribution in [-0.2, 0) is 0 Å². The Bertz CT molecular complexity index is 780. The molecule has 2 atom stereocenters. The summed E-state index contributed by atoms with van der Waals surface area (Å²) in [5.74, 6) is 1.27. The minimum Gasteiger partial charge on any atom is -0.366 e. The summed E-state index contributed by atoms with van der Waals surface area (Å²) < 4.78 is 0. The van der Waals surface area contributed by atoms with Crippen LogP contribution >= 0.6 is 11.8 Å². The second kappa shape index (κ2) is 7.88. The number of aryl methyl sites for hydroxylation is 1. The van der Waals surface area contributed by atoms with Crippen LogP contribution in [0.3, 0.4) is 0 Å². The summed E-state index contributed by atoms with van der Waals surface area (Å²) in [5, 5.41) is 14.1. The molecule has 1 aliphatic rings. The monoisotopic (exact) mass is 352 g/mol. The molecule has 0 saturated heterocycles. The molecule has 1 N–H and O–H groups in total. The normalized spacial score (nSPS) is 20.1. The Morgan fingerprint density at radius 3 is 2.52 bits per heavy atom. The molecule has 1 heterocycles. The van der Waals surface area contributed by atoms with Crippen molar-refractivity contribution in [1.29, 1.82) is 5.26 Å². The molecule has 0 spiro atoms. The van der Waals surface area contributed by atoms with Crippen LogP contribution < -0.4 is 5.32 Å². The van der Waals surface area contributed by atoms with Crippen molar-refractivity contribution in [2.45, 2.75) is 50.7 Å². The van der Waals surface area contributed by atoms with Crippen molar-refractivity contribution < 1.29 is 0 Å². The van der Waals surface area contributed by atoms with Gasteiger partial charge in [0.15, 0.2) is 5.16 Å². The lowest BCUT2D eigenvalue weighted by Gasteiger charge is -2.30. The van der Waals surface area contributed by atoms with Gasteiger partial charge in [-0.25, -0.2) is 9.97 Å². The second-order valence-electron chi connectivity index (χ2n) is 6.77. The van der Waals surface area contributed by atoms with Gasteiger partial charge in [-0.2, -0.15) is 5.26 Å². The molecule has 3 rings (SSSR count). The minimum atomic E-state index is 0.372. The topological polar surface area (TPSA) is 61.6 Å². The number of hydrogen-bond donors (Lipinski definition) is 1. The van der Waals surface area contributed by atoms with Gasteiger partial charge in [-0.1, -0.05) is 61.4 Å². The van der Waals surface area contributed by atoms with E-state index in [9.17, 15) is 5.26 Å². The zero-order valence-corrected chi connectivity index (χ0v) is 15.9. The Balaban J connectivity index is 2.04. The van der Waals surface area contributed by atoms with Crippen LogP contribution in [0.5, 0.6) is 0 Å². The van der Waals surface area contributed by atoms with Gasteiger partial charge in [-0.05, 0) is 31.9 Å². The van der Waals surface area contributed by atoms with Crippen molar-refractivity contribution in [1.82, 2.24) is 9.97 Å². The number of rotatable bonds is 4. The number of aromatic nitrogens is 2. The molecule has 0 aliphatic heterocycles. The van der Waals surface area contributed by atoms with Crippen LogP contribution in [0.4, 0.5) is 5.82 Å². The van der Waals surface area contributed by atoms with Crippen LogP contribution in [0.15, 0.2) is 29.4 Å².